The standard InChI is InChI=1S/C16H21NOS/c1-4-18-15-7-5-14(6-8-15)13(3)17-11-16-12(2)9-10-19-16/h5-10,13,17H,4,11H2,1-3H3. The quantitative estimate of drug-likeness (QED) is 0.848. The second kappa shape index (κ2) is 6.73. The highest BCUT2D eigenvalue weighted by Gasteiger charge is 2.06. The van der Waals surface area contributed by atoms with Gasteiger partial charge in [-0.2, -0.15) is 0 Å². The van der Waals surface area contributed by atoms with Gasteiger partial charge in [-0.05, 0) is 55.5 Å². The van der Waals surface area contributed by atoms with Crippen LogP contribution in [0.25, 0.3) is 0 Å². The van der Waals surface area contributed by atoms with E-state index in [1.165, 1.54) is 16.0 Å². The largest absolute Gasteiger partial charge is 0.494 e. The highest BCUT2D eigenvalue weighted by atomic mass is 32.1. The number of thiophene rings is 1. The smallest absolute Gasteiger partial charge is 0.119 e. The van der Waals surface area contributed by atoms with Gasteiger partial charge in [0, 0.05) is 17.5 Å². The van der Waals surface area contributed by atoms with Gasteiger partial charge in [0.2, 0.25) is 0 Å². The first kappa shape index (κ1) is 14.1. The summed E-state index contributed by atoms with van der Waals surface area (Å²) in [7, 11) is 0. The zero-order chi connectivity index (χ0) is 13.7. The topological polar surface area (TPSA) is 21.3 Å². The lowest BCUT2D eigenvalue weighted by atomic mass is 10.1. The Morgan fingerprint density at radius 2 is 1.95 bits per heavy atom. The van der Waals surface area contributed by atoms with Crippen LogP contribution in [-0.4, -0.2) is 6.61 Å². The third-order valence-electron chi connectivity index (χ3n) is 3.23. The summed E-state index contributed by atoms with van der Waals surface area (Å²) in [5, 5.41) is 5.71. The van der Waals surface area contributed by atoms with E-state index in [-0.39, 0.29) is 0 Å². The van der Waals surface area contributed by atoms with Crippen LogP contribution >= 0.6 is 11.3 Å². The first-order valence-electron chi connectivity index (χ1n) is 6.69. The first-order chi connectivity index (χ1) is 9.20. The SMILES string of the molecule is CCOc1ccc(C(C)NCc2sccc2C)cc1. The van der Waals surface area contributed by atoms with Gasteiger partial charge in [-0.1, -0.05) is 12.1 Å². The second-order valence-electron chi connectivity index (χ2n) is 4.63. The van der Waals surface area contributed by atoms with Gasteiger partial charge in [0.15, 0.2) is 0 Å². The predicted molar refractivity (Wildman–Crippen MR) is 81.9 cm³/mol. The monoisotopic (exact) mass is 275 g/mol. The Morgan fingerprint density at radius 1 is 1.21 bits per heavy atom. The minimum absolute atomic E-state index is 0.345. The van der Waals surface area contributed by atoms with Crippen LogP contribution < -0.4 is 10.1 Å². The zero-order valence-corrected chi connectivity index (χ0v) is 12.6. The highest BCUT2D eigenvalue weighted by Crippen LogP contribution is 2.20. The van der Waals surface area contributed by atoms with Gasteiger partial charge in [-0.3, -0.25) is 0 Å². The highest BCUT2D eigenvalue weighted by molar-refractivity contribution is 7.10. The molecule has 1 atom stereocenters. The first-order valence-corrected chi connectivity index (χ1v) is 7.57. The Labute approximate surface area is 119 Å². The van der Waals surface area contributed by atoms with Crippen molar-refractivity contribution in [2.24, 2.45) is 0 Å². The van der Waals surface area contributed by atoms with Crippen molar-refractivity contribution in [3.05, 3.63) is 51.7 Å². The van der Waals surface area contributed by atoms with Gasteiger partial charge in [-0.15, -0.1) is 11.3 Å². The lowest BCUT2D eigenvalue weighted by Crippen LogP contribution is -2.17. The van der Waals surface area contributed by atoms with Crippen molar-refractivity contribution in [3.8, 4) is 5.75 Å². The van der Waals surface area contributed by atoms with Crippen LogP contribution in [0, 0.1) is 6.92 Å². The van der Waals surface area contributed by atoms with Gasteiger partial charge < -0.3 is 10.1 Å². The van der Waals surface area contributed by atoms with Gasteiger partial charge in [0.05, 0.1) is 6.61 Å². The summed E-state index contributed by atoms with van der Waals surface area (Å²) in [6, 6.07) is 10.8. The van der Waals surface area contributed by atoms with Crippen LogP contribution in [0.4, 0.5) is 0 Å². The van der Waals surface area contributed by atoms with E-state index in [1.807, 2.05) is 30.4 Å². The summed E-state index contributed by atoms with van der Waals surface area (Å²) in [4.78, 5) is 1.41. The van der Waals surface area contributed by atoms with Gasteiger partial charge in [0.1, 0.15) is 5.75 Å². The fourth-order valence-electron chi connectivity index (χ4n) is 1.97. The van der Waals surface area contributed by atoms with E-state index < -0.39 is 0 Å². The summed E-state index contributed by atoms with van der Waals surface area (Å²) >= 11 is 1.81. The van der Waals surface area contributed by atoms with Crippen LogP contribution in [0.2, 0.25) is 0 Å². The summed E-state index contributed by atoms with van der Waals surface area (Å²) in [5.74, 6) is 0.938. The van der Waals surface area contributed by atoms with E-state index in [4.69, 9.17) is 4.74 Å². The zero-order valence-electron chi connectivity index (χ0n) is 11.8. The minimum Gasteiger partial charge on any atom is -0.494 e. The summed E-state index contributed by atoms with van der Waals surface area (Å²) in [6.45, 7) is 8.00. The number of rotatable bonds is 6. The lowest BCUT2D eigenvalue weighted by molar-refractivity contribution is 0.340. The van der Waals surface area contributed by atoms with E-state index >= 15 is 0 Å². The van der Waals surface area contributed by atoms with E-state index in [1.54, 1.807) is 0 Å². The number of hydrogen-bond acceptors (Lipinski definition) is 3. The molecule has 1 N–H and O–H groups in total. The molecule has 1 aromatic heterocycles. The normalized spacial score (nSPS) is 12.4. The fraction of sp³-hybridized carbons (Fsp3) is 0.375. The van der Waals surface area contributed by atoms with Crippen molar-refractivity contribution in [2.45, 2.75) is 33.4 Å². The summed E-state index contributed by atoms with van der Waals surface area (Å²) in [5.41, 5.74) is 2.66. The van der Waals surface area contributed by atoms with Gasteiger partial charge >= 0.3 is 0 Å². The molecule has 1 unspecified atom stereocenters. The molecule has 3 heteroatoms. The van der Waals surface area contributed by atoms with Crippen molar-refractivity contribution in [3.63, 3.8) is 0 Å². The van der Waals surface area contributed by atoms with E-state index in [0.29, 0.717) is 12.6 Å². The molecule has 1 heterocycles. The molecule has 0 saturated heterocycles. The molecular formula is C16H21NOS. The molecule has 0 radical (unpaired) electrons. The molecule has 2 nitrogen and oxygen atoms in total. The third-order valence-corrected chi connectivity index (χ3v) is 4.25. The molecule has 0 fully saturated rings. The number of ether oxygens (including phenoxy) is 1. The molecule has 0 aliphatic rings. The van der Waals surface area contributed by atoms with Crippen molar-refractivity contribution < 1.29 is 4.74 Å². The number of aryl methyl sites for hydroxylation is 1. The number of benzene rings is 1. The Balaban J connectivity index is 1.92. The van der Waals surface area contributed by atoms with Crippen LogP contribution in [-0.2, 0) is 6.54 Å². The van der Waals surface area contributed by atoms with Crippen LogP contribution in [0.1, 0.15) is 35.9 Å². The Morgan fingerprint density at radius 3 is 2.53 bits per heavy atom. The van der Waals surface area contributed by atoms with Gasteiger partial charge in [0.25, 0.3) is 0 Å². The average Bonchev–Trinajstić information content (AvgIpc) is 2.83. The molecule has 2 rings (SSSR count). The molecular weight excluding hydrogens is 254 g/mol. The summed E-state index contributed by atoms with van der Waals surface area (Å²) < 4.78 is 5.46. The molecule has 0 saturated carbocycles. The Bertz CT molecular complexity index is 504. The van der Waals surface area contributed by atoms with Crippen LogP contribution in [0.5, 0.6) is 5.75 Å². The molecule has 19 heavy (non-hydrogen) atoms. The van der Waals surface area contributed by atoms with Crippen molar-refractivity contribution in [2.75, 3.05) is 6.61 Å². The van der Waals surface area contributed by atoms with E-state index in [0.717, 1.165) is 12.3 Å². The molecule has 1 aromatic carbocycles. The molecule has 0 aliphatic carbocycles. The average molecular weight is 275 g/mol. The van der Waals surface area contributed by atoms with Gasteiger partial charge in [-0.25, -0.2) is 0 Å². The molecule has 102 valence electrons. The third kappa shape index (κ3) is 3.82. The second-order valence-corrected chi connectivity index (χ2v) is 5.63. The minimum atomic E-state index is 0.345. The van der Waals surface area contributed by atoms with E-state index in [2.05, 4.69) is 42.7 Å². The molecule has 0 amide bonds. The fourth-order valence-corrected chi connectivity index (χ4v) is 2.83. The molecule has 0 aliphatic heterocycles. The number of nitrogens with one attached hydrogen (secondary N) is 1. The van der Waals surface area contributed by atoms with Crippen molar-refractivity contribution in [1.82, 2.24) is 5.32 Å². The van der Waals surface area contributed by atoms with Crippen LogP contribution in [0.3, 0.4) is 0 Å². The van der Waals surface area contributed by atoms with Crippen molar-refractivity contribution >= 4 is 11.3 Å². The number of hydrogen-bond donors (Lipinski definition) is 1. The molecule has 0 bridgehead atoms. The summed E-state index contributed by atoms with van der Waals surface area (Å²) in [6.07, 6.45) is 0. The maximum absolute atomic E-state index is 5.46. The Hall–Kier alpha value is -1.32. The van der Waals surface area contributed by atoms with Crippen LogP contribution in [0.15, 0.2) is 35.7 Å². The van der Waals surface area contributed by atoms with E-state index in [9.17, 15) is 0 Å². The maximum Gasteiger partial charge on any atom is 0.119 e. The Kier molecular flexibility index (Phi) is 5.00. The molecule has 0 spiro atoms. The van der Waals surface area contributed by atoms with Crippen molar-refractivity contribution in [1.29, 1.82) is 0 Å². The predicted octanol–water partition coefficient (Wildman–Crippen LogP) is 4.31. The molecule has 2 aromatic rings. The maximum atomic E-state index is 5.46. The lowest BCUT2D eigenvalue weighted by Gasteiger charge is -2.14.